The topological polar surface area (TPSA) is 44.8 Å². The molecule has 2 aliphatic rings. The first-order chi connectivity index (χ1) is 9.24. The summed E-state index contributed by atoms with van der Waals surface area (Å²) < 4.78 is 16.9. The van der Waals surface area contributed by atoms with Gasteiger partial charge in [0.15, 0.2) is 11.9 Å². The number of hydrogen-bond acceptors (Lipinski definition) is 4. The molecule has 1 aromatic rings. The van der Waals surface area contributed by atoms with Gasteiger partial charge in [-0.25, -0.2) is 4.79 Å². The smallest absolute Gasteiger partial charge is 0.338 e. The van der Waals surface area contributed by atoms with Crippen LogP contribution in [-0.4, -0.2) is 25.0 Å². The summed E-state index contributed by atoms with van der Waals surface area (Å²) in [4.78, 5) is 11.9. The third-order valence-electron chi connectivity index (χ3n) is 3.89. The summed E-state index contributed by atoms with van der Waals surface area (Å²) in [6.07, 6.45) is 2.83. The highest BCUT2D eigenvalue weighted by atomic mass is 16.8. The molecule has 1 aromatic carbocycles. The van der Waals surface area contributed by atoms with Gasteiger partial charge in [-0.1, -0.05) is 30.3 Å². The zero-order valence-electron chi connectivity index (χ0n) is 11.0. The Labute approximate surface area is 112 Å². The van der Waals surface area contributed by atoms with Gasteiger partial charge in [0.2, 0.25) is 0 Å². The fraction of sp³-hybridized carbons (Fsp3) is 0.533. The first kappa shape index (κ1) is 12.6. The molecule has 1 aliphatic heterocycles. The molecule has 1 saturated heterocycles. The van der Waals surface area contributed by atoms with Crippen molar-refractivity contribution < 1.29 is 19.0 Å². The van der Waals surface area contributed by atoms with E-state index in [1.54, 1.807) is 0 Å². The average molecular weight is 262 g/mol. The van der Waals surface area contributed by atoms with E-state index in [0.29, 0.717) is 0 Å². The summed E-state index contributed by atoms with van der Waals surface area (Å²) in [6, 6.07) is 9.73. The van der Waals surface area contributed by atoms with Crippen LogP contribution in [0, 0.1) is 0 Å². The normalized spacial score (nSPS) is 28.7. The molecule has 1 heterocycles. The van der Waals surface area contributed by atoms with Crippen LogP contribution in [0.15, 0.2) is 30.3 Å². The van der Waals surface area contributed by atoms with E-state index in [0.717, 1.165) is 31.2 Å². The highest BCUT2D eigenvalue weighted by Crippen LogP contribution is 2.47. The van der Waals surface area contributed by atoms with E-state index in [2.05, 4.69) is 0 Å². The third-order valence-corrected chi connectivity index (χ3v) is 3.89. The molecule has 4 nitrogen and oxygen atoms in total. The van der Waals surface area contributed by atoms with Gasteiger partial charge >= 0.3 is 5.97 Å². The molecule has 1 spiro atoms. The van der Waals surface area contributed by atoms with Crippen molar-refractivity contribution in [3.05, 3.63) is 35.9 Å². The minimum absolute atomic E-state index is 0.363. The molecule has 2 atom stereocenters. The minimum atomic E-state index is -0.662. The highest BCUT2D eigenvalue weighted by Gasteiger charge is 2.52. The monoisotopic (exact) mass is 262 g/mol. The van der Waals surface area contributed by atoms with E-state index < -0.39 is 11.9 Å². The number of ether oxygens (including phenoxy) is 3. The number of hydrogen-bond donors (Lipinski definition) is 0. The van der Waals surface area contributed by atoms with E-state index in [1.807, 2.05) is 30.3 Å². The van der Waals surface area contributed by atoms with E-state index >= 15 is 0 Å². The minimum Gasteiger partial charge on any atom is -0.467 e. The van der Waals surface area contributed by atoms with Crippen LogP contribution in [-0.2, 0) is 19.0 Å². The fourth-order valence-electron chi connectivity index (χ4n) is 2.94. The van der Waals surface area contributed by atoms with Crippen LogP contribution in [0.4, 0.5) is 0 Å². The van der Waals surface area contributed by atoms with Crippen molar-refractivity contribution in [2.75, 3.05) is 7.11 Å². The van der Waals surface area contributed by atoms with Crippen molar-refractivity contribution in [3.8, 4) is 0 Å². The first-order valence-electron chi connectivity index (χ1n) is 6.72. The fourth-order valence-corrected chi connectivity index (χ4v) is 2.94. The molecular weight excluding hydrogens is 244 g/mol. The maximum Gasteiger partial charge on any atom is 0.338 e. The number of rotatable bonds is 2. The summed E-state index contributed by atoms with van der Waals surface area (Å²) in [5.74, 6) is -0.947. The van der Waals surface area contributed by atoms with E-state index in [-0.39, 0.29) is 12.1 Å². The Morgan fingerprint density at radius 3 is 2.53 bits per heavy atom. The second-order valence-corrected chi connectivity index (χ2v) is 5.13. The summed E-state index contributed by atoms with van der Waals surface area (Å²) in [5, 5.41) is 0. The van der Waals surface area contributed by atoms with Crippen LogP contribution in [0.2, 0.25) is 0 Å². The van der Waals surface area contributed by atoms with E-state index in [4.69, 9.17) is 14.2 Å². The van der Waals surface area contributed by atoms with Gasteiger partial charge in [0, 0.05) is 12.8 Å². The lowest BCUT2D eigenvalue weighted by Gasteiger charge is -2.21. The molecule has 3 rings (SSSR count). The predicted octanol–water partition coefficient (Wildman–Crippen LogP) is 2.59. The Hall–Kier alpha value is -1.39. The molecule has 0 N–H and O–H groups in total. The lowest BCUT2D eigenvalue weighted by atomic mass is 10.0. The second-order valence-electron chi connectivity index (χ2n) is 5.13. The Balaban J connectivity index is 1.89. The standard InChI is InChI=1S/C15H18O4/c1-17-14(16)13-12(11-7-3-2-4-8-11)18-15(19-13)9-5-6-10-15/h2-4,7-8,12-13H,5-6,9-10H2,1H3. The number of methoxy groups -OCH3 is 1. The van der Waals surface area contributed by atoms with Crippen LogP contribution in [0.25, 0.3) is 0 Å². The summed E-state index contributed by atoms with van der Waals surface area (Å²) in [6.45, 7) is 0. The van der Waals surface area contributed by atoms with Crippen LogP contribution in [0.5, 0.6) is 0 Å². The Morgan fingerprint density at radius 2 is 1.89 bits per heavy atom. The summed E-state index contributed by atoms with van der Waals surface area (Å²) in [7, 11) is 1.38. The van der Waals surface area contributed by atoms with Gasteiger partial charge in [0.25, 0.3) is 0 Å². The van der Waals surface area contributed by atoms with Gasteiger partial charge in [0.05, 0.1) is 7.11 Å². The van der Waals surface area contributed by atoms with Crippen molar-refractivity contribution in [3.63, 3.8) is 0 Å². The Bertz CT molecular complexity index is 450. The molecule has 1 aliphatic carbocycles. The number of carbonyl (C=O) groups excluding carboxylic acids is 1. The quantitative estimate of drug-likeness (QED) is 0.768. The zero-order chi connectivity index (χ0) is 13.3. The van der Waals surface area contributed by atoms with Gasteiger partial charge in [-0.3, -0.25) is 0 Å². The number of carbonyl (C=O) groups is 1. The van der Waals surface area contributed by atoms with Gasteiger partial charge < -0.3 is 14.2 Å². The molecule has 102 valence electrons. The highest BCUT2D eigenvalue weighted by molar-refractivity contribution is 5.76. The van der Waals surface area contributed by atoms with Crippen LogP contribution in [0.3, 0.4) is 0 Å². The van der Waals surface area contributed by atoms with Crippen molar-refractivity contribution in [1.29, 1.82) is 0 Å². The third kappa shape index (κ3) is 2.26. The maximum atomic E-state index is 11.9. The molecular formula is C15H18O4. The maximum absolute atomic E-state index is 11.9. The Morgan fingerprint density at radius 1 is 1.21 bits per heavy atom. The van der Waals surface area contributed by atoms with E-state index in [9.17, 15) is 4.79 Å². The molecule has 0 bridgehead atoms. The van der Waals surface area contributed by atoms with Crippen LogP contribution in [0.1, 0.15) is 37.4 Å². The Kier molecular flexibility index (Phi) is 3.29. The lowest BCUT2D eigenvalue weighted by Crippen LogP contribution is -2.30. The van der Waals surface area contributed by atoms with Crippen molar-refractivity contribution in [2.24, 2.45) is 0 Å². The van der Waals surface area contributed by atoms with E-state index in [1.165, 1.54) is 7.11 Å². The molecule has 0 aromatic heterocycles. The summed E-state index contributed by atoms with van der Waals surface area (Å²) in [5.41, 5.74) is 0.960. The zero-order valence-corrected chi connectivity index (χ0v) is 11.0. The van der Waals surface area contributed by atoms with Crippen molar-refractivity contribution >= 4 is 5.97 Å². The molecule has 1 saturated carbocycles. The van der Waals surface area contributed by atoms with Crippen LogP contribution >= 0.6 is 0 Å². The summed E-state index contributed by atoms with van der Waals surface area (Å²) >= 11 is 0. The van der Waals surface area contributed by atoms with Gasteiger partial charge in [-0.05, 0) is 18.4 Å². The largest absolute Gasteiger partial charge is 0.467 e. The van der Waals surface area contributed by atoms with Gasteiger partial charge in [-0.15, -0.1) is 0 Å². The molecule has 2 fully saturated rings. The van der Waals surface area contributed by atoms with Crippen LogP contribution < -0.4 is 0 Å². The van der Waals surface area contributed by atoms with Gasteiger partial charge in [0.1, 0.15) is 6.10 Å². The number of esters is 1. The SMILES string of the molecule is COC(=O)C1OC2(CCCC2)OC1c1ccccc1. The number of benzene rings is 1. The first-order valence-corrected chi connectivity index (χ1v) is 6.72. The molecule has 2 unspecified atom stereocenters. The average Bonchev–Trinajstić information content (AvgIpc) is 3.07. The van der Waals surface area contributed by atoms with Crippen molar-refractivity contribution in [2.45, 2.75) is 43.7 Å². The molecule has 0 amide bonds. The molecule has 0 radical (unpaired) electrons. The predicted molar refractivity (Wildman–Crippen MR) is 68.4 cm³/mol. The second kappa shape index (κ2) is 4.94. The van der Waals surface area contributed by atoms with Crippen molar-refractivity contribution in [1.82, 2.24) is 0 Å². The lowest BCUT2D eigenvalue weighted by molar-refractivity contribution is -0.180. The molecule has 19 heavy (non-hydrogen) atoms. The molecule has 4 heteroatoms. The van der Waals surface area contributed by atoms with Gasteiger partial charge in [-0.2, -0.15) is 0 Å².